The van der Waals surface area contributed by atoms with Gasteiger partial charge in [-0.25, -0.2) is 0 Å². The number of nitrogens with one attached hydrogen (secondary N) is 1. The van der Waals surface area contributed by atoms with Gasteiger partial charge in [0, 0.05) is 18.1 Å². The van der Waals surface area contributed by atoms with Gasteiger partial charge < -0.3 is 10.2 Å². The highest BCUT2D eigenvalue weighted by Crippen LogP contribution is 2.34. The van der Waals surface area contributed by atoms with Crippen LogP contribution in [0.1, 0.15) is 64.2 Å². The van der Waals surface area contributed by atoms with E-state index in [1.54, 1.807) is 0 Å². The van der Waals surface area contributed by atoms with Gasteiger partial charge >= 0.3 is 0 Å². The monoisotopic (exact) mass is 250 g/mol. The molecule has 1 aliphatic carbocycles. The van der Waals surface area contributed by atoms with Crippen LogP contribution in [0.3, 0.4) is 0 Å². The Morgan fingerprint density at radius 1 is 0.944 bits per heavy atom. The highest BCUT2D eigenvalue weighted by molar-refractivity contribution is 4.95. The zero-order valence-electron chi connectivity index (χ0n) is 12.0. The lowest BCUT2D eigenvalue weighted by Crippen LogP contribution is -2.47. The van der Waals surface area contributed by atoms with Crippen molar-refractivity contribution >= 4 is 0 Å². The first-order valence-corrected chi connectivity index (χ1v) is 8.28. The Bertz CT molecular complexity index is 246. The molecular weight excluding hydrogens is 220 g/mol. The van der Waals surface area contributed by atoms with Crippen LogP contribution in [0, 0.1) is 5.92 Å². The summed E-state index contributed by atoms with van der Waals surface area (Å²) in [4.78, 5) is 2.64. The van der Waals surface area contributed by atoms with Crippen molar-refractivity contribution < 1.29 is 0 Å². The van der Waals surface area contributed by atoms with Crippen molar-refractivity contribution in [2.24, 2.45) is 5.92 Å². The van der Waals surface area contributed by atoms with Crippen LogP contribution in [-0.2, 0) is 0 Å². The standard InChI is InChI=1S/C16H30N2/c1-18-15-7-8-16(18)12-14(11-15)17-10-9-13-5-3-2-4-6-13/h13-17H,2-12H2,1H3. The summed E-state index contributed by atoms with van der Waals surface area (Å²) in [5.41, 5.74) is 0. The molecule has 2 heteroatoms. The van der Waals surface area contributed by atoms with E-state index in [0.717, 1.165) is 24.0 Å². The van der Waals surface area contributed by atoms with Crippen LogP contribution in [0.5, 0.6) is 0 Å². The summed E-state index contributed by atoms with van der Waals surface area (Å²) in [5, 5.41) is 3.86. The Kier molecular flexibility index (Phi) is 4.25. The fourth-order valence-corrected chi connectivity index (χ4v) is 4.55. The third-order valence-electron chi connectivity index (χ3n) is 5.81. The number of hydrogen-bond donors (Lipinski definition) is 1. The predicted octanol–water partition coefficient (Wildman–Crippen LogP) is 3.17. The lowest BCUT2D eigenvalue weighted by atomic mass is 9.87. The van der Waals surface area contributed by atoms with E-state index >= 15 is 0 Å². The van der Waals surface area contributed by atoms with Crippen LogP contribution in [0.25, 0.3) is 0 Å². The second-order valence-electron chi connectivity index (χ2n) is 6.97. The molecular formula is C16H30N2. The Balaban J connectivity index is 1.36. The number of fused-ring (bicyclic) bond motifs is 2. The molecule has 2 atom stereocenters. The van der Waals surface area contributed by atoms with E-state index in [2.05, 4.69) is 17.3 Å². The molecule has 18 heavy (non-hydrogen) atoms. The van der Waals surface area contributed by atoms with E-state index in [0.29, 0.717) is 0 Å². The molecule has 0 aromatic heterocycles. The Morgan fingerprint density at radius 2 is 1.61 bits per heavy atom. The minimum Gasteiger partial charge on any atom is -0.314 e. The molecule has 3 aliphatic rings. The normalized spacial score (nSPS) is 38.2. The van der Waals surface area contributed by atoms with E-state index in [1.165, 1.54) is 70.8 Å². The molecule has 0 spiro atoms. The molecule has 2 aliphatic heterocycles. The van der Waals surface area contributed by atoms with E-state index in [9.17, 15) is 0 Å². The zero-order chi connectivity index (χ0) is 12.4. The molecule has 0 radical (unpaired) electrons. The molecule has 0 amide bonds. The van der Waals surface area contributed by atoms with Crippen molar-refractivity contribution in [1.82, 2.24) is 10.2 Å². The van der Waals surface area contributed by atoms with Crippen molar-refractivity contribution in [3.8, 4) is 0 Å². The van der Waals surface area contributed by atoms with Gasteiger partial charge in [-0.1, -0.05) is 32.1 Å². The summed E-state index contributed by atoms with van der Waals surface area (Å²) >= 11 is 0. The summed E-state index contributed by atoms with van der Waals surface area (Å²) in [6.45, 7) is 1.28. The van der Waals surface area contributed by atoms with Gasteiger partial charge in [-0.05, 0) is 51.6 Å². The molecule has 1 N–H and O–H groups in total. The third-order valence-corrected chi connectivity index (χ3v) is 5.81. The molecule has 0 aromatic carbocycles. The summed E-state index contributed by atoms with van der Waals surface area (Å²) in [6.07, 6.45) is 14.6. The van der Waals surface area contributed by atoms with Crippen LogP contribution in [0.4, 0.5) is 0 Å². The van der Waals surface area contributed by atoms with Gasteiger partial charge in [0.1, 0.15) is 0 Å². The van der Waals surface area contributed by atoms with Crippen LogP contribution in [0.2, 0.25) is 0 Å². The summed E-state index contributed by atoms with van der Waals surface area (Å²) in [6, 6.07) is 2.59. The molecule has 2 bridgehead atoms. The van der Waals surface area contributed by atoms with Gasteiger partial charge in [-0.3, -0.25) is 0 Å². The van der Waals surface area contributed by atoms with Crippen LogP contribution in [0.15, 0.2) is 0 Å². The minimum atomic E-state index is 0.822. The van der Waals surface area contributed by atoms with Gasteiger partial charge in [-0.2, -0.15) is 0 Å². The van der Waals surface area contributed by atoms with Gasteiger partial charge in [-0.15, -0.1) is 0 Å². The summed E-state index contributed by atoms with van der Waals surface area (Å²) in [5.74, 6) is 1.04. The number of rotatable bonds is 4. The summed E-state index contributed by atoms with van der Waals surface area (Å²) < 4.78 is 0. The lowest BCUT2D eigenvalue weighted by Gasteiger charge is -2.37. The first kappa shape index (κ1) is 12.9. The highest BCUT2D eigenvalue weighted by Gasteiger charge is 2.37. The highest BCUT2D eigenvalue weighted by atomic mass is 15.2. The van der Waals surface area contributed by atoms with Crippen molar-refractivity contribution in [3.63, 3.8) is 0 Å². The smallest absolute Gasteiger partial charge is 0.0111 e. The summed E-state index contributed by atoms with van der Waals surface area (Å²) in [7, 11) is 2.33. The first-order valence-electron chi connectivity index (χ1n) is 8.28. The lowest BCUT2D eigenvalue weighted by molar-refractivity contribution is 0.147. The van der Waals surface area contributed by atoms with E-state index in [4.69, 9.17) is 0 Å². The molecule has 1 saturated carbocycles. The molecule has 3 fully saturated rings. The predicted molar refractivity (Wildman–Crippen MR) is 76.8 cm³/mol. The van der Waals surface area contributed by atoms with Crippen molar-refractivity contribution in [3.05, 3.63) is 0 Å². The third kappa shape index (κ3) is 2.91. The molecule has 2 saturated heterocycles. The Morgan fingerprint density at radius 3 is 2.28 bits per heavy atom. The minimum absolute atomic E-state index is 0.822. The largest absolute Gasteiger partial charge is 0.314 e. The van der Waals surface area contributed by atoms with Crippen molar-refractivity contribution in [2.75, 3.05) is 13.6 Å². The fraction of sp³-hybridized carbons (Fsp3) is 1.00. The number of nitrogens with zero attached hydrogens (tertiary/aromatic N) is 1. The SMILES string of the molecule is CN1C2CCC1CC(NCCC1CCCCC1)C2. The zero-order valence-corrected chi connectivity index (χ0v) is 12.0. The van der Waals surface area contributed by atoms with Gasteiger partial charge in [0.2, 0.25) is 0 Å². The second kappa shape index (κ2) is 5.92. The van der Waals surface area contributed by atoms with Gasteiger partial charge in [0.25, 0.3) is 0 Å². The molecule has 2 heterocycles. The molecule has 2 unspecified atom stereocenters. The average Bonchev–Trinajstić information content (AvgIpc) is 2.64. The van der Waals surface area contributed by atoms with Crippen LogP contribution in [-0.4, -0.2) is 36.6 Å². The van der Waals surface area contributed by atoms with Crippen molar-refractivity contribution in [1.29, 1.82) is 0 Å². The molecule has 104 valence electrons. The van der Waals surface area contributed by atoms with E-state index in [-0.39, 0.29) is 0 Å². The maximum Gasteiger partial charge on any atom is 0.0111 e. The van der Waals surface area contributed by atoms with Gasteiger partial charge in [0.05, 0.1) is 0 Å². The first-order chi connectivity index (χ1) is 8.83. The van der Waals surface area contributed by atoms with E-state index < -0.39 is 0 Å². The topological polar surface area (TPSA) is 15.3 Å². The molecule has 2 nitrogen and oxygen atoms in total. The van der Waals surface area contributed by atoms with Gasteiger partial charge in [0.15, 0.2) is 0 Å². The van der Waals surface area contributed by atoms with Crippen LogP contribution < -0.4 is 5.32 Å². The fourth-order valence-electron chi connectivity index (χ4n) is 4.55. The number of piperidine rings is 1. The van der Waals surface area contributed by atoms with Crippen molar-refractivity contribution in [2.45, 2.75) is 82.3 Å². The average molecular weight is 250 g/mol. The second-order valence-corrected chi connectivity index (χ2v) is 6.97. The molecule has 0 aromatic rings. The number of hydrogen-bond acceptors (Lipinski definition) is 2. The Hall–Kier alpha value is -0.0800. The van der Waals surface area contributed by atoms with Crippen LogP contribution >= 0.6 is 0 Å². The quantitative estimate of drug-likeness (QED) is 0.824. The Labute approximate surface area is 113 Å². The maximum atomic E-state index is 3.86. The molecule has 3 rings (SSSR count). The van der Waals surface area contributed by atoms with E-state index in [1.807, 2.05) is 0 Å². The maximum absolute atomic E-state index is 3.86.